The van der Waals surface area contributed by atoms with Gasteiger partial charge in [-0.05, 0) is 64.2 Å². The zero-order chi connectivity index (χ0) is 47.2. The maximum Gasteiger partial charge on any atom is 0.305 e. The van der Waals surface area contributed by atoms with Crippen molar-refractivity contribution in [3.8, 4) is 0 Å². The van der Waals surface area contributed by atoms with Crippen molar-refractivity contribution < 1.29 is 24.5 Å². The summed E-state index contributed by atoms with van der Waals surface area (Å²) in [5.74, 6) is -0.110. The van der Waals surface area contributed by atoms with Crippen molar-refractivity contribution in [2.75, 3.05) is 13.2 Å². The molecule has 65 heavy (non-hydrogen) atoms. The highest BCUT2D eigenvalue weighted by Crippen LogP contribution is 2.17. The molecule has 0 aliphatic rings. The minimum absolute atomic E-state index is 0.0213. The summed E-state index contributed by atoms with van der Waals surface area (Å²) >= 11 is 0. The average molecular weight is 915 g/mol. The summed E-state index contributed by atoms with van der Waals surface area (Å²) in [6.07, 6.45) is 67.3. The van der Waals surface area contributed by atoms with Crippen LogP contribution in [0, 0.1) is 0 Å². The van der Waals surface area contributed by atoms with Gasteiger partial charge in [-0.1, -0.05) is 262 Å². The van der Waals surface area contributed by atoms with Crippen LogP contribution >= 0.6 is 0 Å². The second-order valence-electron chi connectivity index (χ2n) is 19.7. The fourth-order valence-electron chi connectivity index (χ4n) is 8.74. The van der Waals surface area contributed by atoms with Gasteiger partial charge in [0.15, 0.2) is 0 Å². The largest absolute Gasteiger partial charge is 0.466 e. The summed E-state index contributed by atoms with van der Waals surface area (Å²) in [6.45, 7) is 4.86. The van der Waals surface area contributed by atoms with E-state index in [-0.39, 0.29) is 18.5 Å². The van der Waals surface area contributed by atoms with Crippen molar-refractivity contribution in [2.24, 2.45) is 0 Å². The van der Waals surface area contributed by atoms with Crippen LogP contribution in [-0.2, 0) is 14.3 Å². The van der Waals surface area contributed by atoms with Crippen LogP contribution in [0.3, 0.4) is 0 Å². The van der Waals surface area contributed by atoms with Crippen LogP contribution in [0.1, 0.15) is 303 Å². The topological polar surface area (TPSA) is 95.9 Å². The van der Waals surface area contributed by atoms with Gasteiger partial charge >= 0.3 is 5.97 Å². The maximum absolute atomic E-state index is 12.5. The summed E-state index contributed by atoms with van der Waals surface area (Å²) in [6, 6.07) is -0.645. The molecule has 3 N–H and O–H groups in total. The highest BCUT2D eigenvalue weighted by atomic mass is 16.5. The third-order valence-electron chi connectivity index (χ3n) is 13.2. The van der Waals surface area contributed by atoms with Crippen molar-refractivity contribution in [1.29, 1.82) is 0 Å². The van der Waals surface area contributed by atoms with Gasteiger partial charge < -0.3 is 20.3 Å². The number of carbonyl (C=O) groups is 2. The Morgan fingerprint density at radius 1 is 0.431 bits per heavy atom. The van der Waals surface area contributed by atoms with E-state index in [1.165, 1.54) is 199 Å². The van der Waals surface area contributed by atoms with E-state index in [4.69, 9.17) is 4.74 Å². The van der Waals surface area contributed by atoms with Crippen molar-refractivity contribution in [3.63, 3.8) is 0 Å². The number of allylic oxidation sites excluding steroid dienone is 5. The number of amides is 1. The zero-order valence-corrected chi connectivity index (χ0v) is 43.5. The predicted molar refractivity (Wildman–Crippen MR) is 283 cm³/mol. The molecule has 0 radical (unpaired) electrons. The molecule has 382 valence electrons. The van der Waals surface area contributed by atoms with Gasteiger partial charge in [-0.2, -0.15) is 0 Å². The van der Waals surface area contributed by atoms with Gasteiger partial charge in [-0.3, -0.25) is 9.59 Å². The molecule has 0 aromatic rings. The van der Waals surface area contributed by atoms with E-state index in [9.17, 15) is 19.8 Å². The smallest absolute Gasteiger partial charge is 0.305 e. The summed E-state index contributed by atoms with van der Waals surface area (Å²) in [5, 5.41) is 23.1. The number of nitrogens with one attached hydrogen (secondary N) is 1. The molecule has 1 amide bonds. The molecular weight excluding hydrogens is 803 g/mol. The van der Waals surface area contributed by atoms with E-state index in [0.29, 0.717) is 19.4 Å². The molecule has 0 saturated heterocycles. The molecule has 0 aromatic heterocycles. The number of unbranched alkanes of at least 4 members (excludes halogenated alkanes) is 39. The normalized spacial score (nSPS) is 12.9. The number of hydrogen-bond acceptors (Lipinski definition) is 5. The maximum atomic E-state index is 12.5. The third-order valence-corrected chi connectivity index (χ3v) is 13.2. The Balaban J connectivity index is 3.55. The van der Waals surface area contributed by atoms with Crippen LogP contribution in [0.15, 0.2) is 36.5 Å². The molecule has 0 bridgehead atoms. The summed E-state index contributed by atoms with van der Waals surface area (Å²) in [5.41, 5.74) is 0. The average Bonchev–Trinajstić information content (AvgIpc) is 3.31. The molecular formula is C59H111NO5. The molecule has 6 nitrogen and oxygen atoms in total. The Kier molecular flexibility index (Phi) is 53.1. The van der Waals surface area contributed by atoms with Crippen LogP contribution in [0.25, 0.3) is 0 Å². The highest BCUT2D eigenvalue weighted by molar-refractivity contribution is 5.76. The van der Waals surface area contributed by atoms with Crippen molar-refractivity contribution >= 4 is 11.9 Å². The molecule has 0 saturated carbocycles. The van der Waals surface area contributed by atoms with Crippen LogP contribution in [0.5, 0.6) is 0 Å². The van der Waals surface area contributed by atoms with Gasteiger partial charge in [0.05, 0.1) is 25.4 Å². The van der Waals surface area contributed by atoms with E-state index in [2.05, 4.69) is 43.5 Å². The standard InChI is InChI=1S/C59H111NO5/c1-3-5-7-9-11-13-15-17-18-19-20-21-22-24-28-31-35-39-43-47-51-57(62)56(55-61)60-58(63)52-48-44-40-36-32-29-25-23-26-30-34-38-42-46-50-54-65-59(64)53-49-45-41-37-33-27-16-14-12-10-8-6-4-2/h23,26,30,34,47,51,56-57,61-62H,3-22,24-25,27-29,31-33,35-46,48-50,52-55H2,1-2H3,(H,60,63)/b26-23-,34-30-,51-47+. The Bertz CT molecular complexity index is 1060. The van der Waals surface area contributed by atoms with Crippen LogP contribution in [0.2, 0.25) is 0 Å². The van der Waals surface area contributed by atoms with Gasteiger partial charge in [0, 0.05) is 12.8 Å². The Hall–Kier alpha value is -1.92. The van der Waals surface area contributed by atoms with Gasteiger partial charge in [0.25, 0.3) is 0 Å². The Labute approximate surface area is 404 Å². The Morgan fingerprint density at radius 2 is 0.754 bits per heavy atom. The monoisotopic (exact) mass is 914 g/mol. The van der Waals surface area contributed by atoms with Gasteiger partial charge in [0.1, 0.15) is 0 Å². The van der Waals surface area contributed by atoms with Crippen LogP contribution in [-0.4, -0.2) is 47.4 Å². The lowest BCUT2D eigenvalue weighted by Crippen LogP contribution is -2.45. The molecule has 0 spiro atoms. The van der Waals surface area contributed by atoms with Gasteiger partial charge in [-0.25, -0.2) is 0 Å². The van der Waals surface area contributed by atoms with Crippen LogP contribution < -0.4 is 5.32 Å². The van der Waals surface area contributed by atoms with E-state index < -0.39 is 12.1 Å². The minimum atomic E-state index is -0.859. The lowest BCUT2D eigenvalue weighted by Gasteiger charge is -2.20. The quantitative estimate of drug-likeness (QED) is 0.0244. The summed E-state index contributed by atoms with van der Waals surface area (Å²) in [7, 11) is 0. The predicted octanol–water partition coefficient (Wildman–Crippen LogP) is 17.6. The number of ether oxygens (including phenoxy) is 1. The molecule has 0 aliphatic heterocycles. The fraction of sp³-hybridized carbons (Fsp3) is 0.864. The first-order chi connectivity index (χ1) is 32.0. The Morgan fingerprint density at radius 3 is 1.14 bits per heavy atom. The first-order valence-corrected chi connectivity index (χ1v) is 28.8. The first-order valence-electron chi connectivity index (χ1n) is 28.8. The second-order valence-corrected chi connectivity index (χ2v) is 19.7. The van der Waals surface area contributed by atoms with E-state index in [1.807, 2.05) is 6.08 Å². The number of rotatable bonds is 53. The van der Waals surface area contributed by atoms with E-state index in [0.717, 1.165) is 77.0 Å². The van der Waals surface area contributed by atoms with E-state index >= 15 is 0 Å². The van der Waals surface area contributed by atoms with Crippen molar-refractivity contribution in [2.45, 2.75) is 315 Å². The van der Waals surface area contributed by atoms with Gasteiger partial charge in [0.2, 0.25) is 5.91 Å². The molecule has 0 heterocycles. The summed E-state index contributed by atoms with van der Waals surface area (Å²) < 4.78 is 5.44. The minimum Gasteiger partial charge on any atom is -0.466 e. The zero-order valence-electron chi connectivity index (χ0n) is 43.5. The van der Waals surface area contributed by atoms with Crippen molar-refractivity contribution in [1.82, 2.24) is 5.32 Å². The van der Waals surface area contributed by atoms with E-state index in [1.54, 1.807) is 6.08 Å². The van der Waals surface area contributed by atoms with Crippen molar-refractivity contribution in [3.05, 3.63) is 36.5 Å². The number of aliphatic hydroxyl groups excluding tert-OH is 2. The summed E-state index contributed by atoms with van der Waals surface area (Å²) in [4.78, 5) is 24.5. The lowest BCUT2D eigenvalue weighted by atomic mass is 10.0. The molecule has 2 atom stereocenters. The highest BCUT2D eigenvalue weighted by Gasteiger charge is 2.18. The number of carbonyl (C=O) groups excluding carboxylic acids is 2. The molecule has 6 heteroatoms. The second kappa shape index (κ2) is 54.7. The first kappa shape index (κ1) is 63.1. The molecule has 0 aliphatic carbocycles. The fourth-order valence-corrected chi connectivity index (χ4v) is 8.74. The molecule has 0 aromatic carbocycles. The van der Waals surface area contributed by atoms with Gasteiger partial charge in [-0.15, -0.1) is 0 Å². The number of aliphatic hydroxyl groups is 2. The number of esters is 1. The SMILES string of the molecule is CCCCCCCCCCCCCCCCCCCC/C=C/C(O)C(CO)NC(=O)CCCCCCCC/C=C\C=C/CCCCCOC(=O)CCCCCCCCCCCCCCC. The molecule has 2 unspecified atom stereocenters. The molecule has 0 rings (SSSR count). The number of hydrogen-bond donors (Lipinski definition) is 3. The third kappa shape index (κ3) is 51.3. The van der Waals surface area contributed by atoms with Crippen LogP contribution in [0.4, 0.5) is 0 Å². The molecule has 0 fully saturated rings. The lowest BCUT2D eigenvalue weighted by molar-refractivity contribution is -0.143.